The Hall–Kier alpha value is -1.46. The number of carbonyl (C=O) groups is 1. The van der Waals surface area contributed by atoms with E-state index in [0.717, 1.165) is 15.6 Å². The Morgan fingerprint density at radius 1 is 1.43 bits per heavy atom. The fourth-order valence-electron chi connectivity index (χ4n) is 1.77. The first-order valence-electron chi connectivity index (χ1n) is 6.42. The second kappa shape index (κ2) is 7.00. The third-order valence-electron chi connectivity index (χ3n) is 2.92. The minimum absolute atomic E-state index is 0.122. The molecule has 21 heavy (non-hydrogen) atoms. The molecule has 0 spiro atoms. The van der Waals surface area contributed by atoms with Gasteiger partial charge in [-0.3, -0.25) is 0 Å². The Morgan fingerprint density at radius 2 is 2.19 bits per heavy atom. The van der Waals surface area contributed by atoms with E-state index in [-0.39, 0.29) is 5.88 Å². The minimum atomic E-state index is -0.454. The molecule has 0 unspecified atom stereocenters. The largest absolute Gasteiger partial charge is 0.462 e. The van der Waals surface area contributed by atoms with Crippen LogP contribution in [0.3, 0.4) is 0 Å². The number of carbonyl (C=O) groups excluding carboxylic acids is 1. The SMILES string of the molecule is CCOC(=O)c1cnc(-c2ccc(C)c(Br)c2)nc1CCl. The van der Waals surface area contributed by atoms with Gasteiger partial charge in [-0.1, -0.05) is 28.1 Å². The van der Waals surface area contributed by atoms with Crippen molar-refractivity contribution in [3.63, 3.8) is 0 Å². The molecule has 0 aliphatic rings. The van der Waals surface area contributed by atoms with Gasteiger partial charge in [-0.15, -0.1) is 11.6 Å². The van der Waals surface area contributed by atoms with E-state index in [0.29, 0.717) is 23.7 Å². The van der Waals surface area contributed by atoms with Crippen molar-refractivity contribution in [1.29, 1.82) is 0 Å². The van der Waals surface area contributed by atoms with E-state index >= 15 is 0 Å². The standard InChI is InChI=1S/C15H14BrClN2O2/c1-3-21-15(20)11-8-18-14(19-13(11)7-17)10-5-4-9(2)12(16)6-10/h4-6,8H,3,7H2,1-2H3. The molecule has 4 nitrogen and oxygen atoms in total. The maximum atomic E-state index is 11.8. The van der Waals surface area contributed by atoms with Crippen LogP contribution in [0.5, 0.6) is 0 Å². The molecule has 2 aromatic rings. The second-order valence-corrected chi connectivity index (χ2v) is 5.49. The van der Waals surface area contributed by atoms with Crippen LogP contribution in [0.2, 0.25) is 0 Å². The van der Waals surface area contributed by atoms with E-state index in [1.807, 2.05) is 25.1 Å². The van der Waals surface area contributed by atoms with Gasteiger partial charge in [-0.25, -0.2) is 14.8 Å². The van der Waals surface area contributed by atoms with Gasteiger partial charge in [-0.2, -0.15) is 0 Å². The lowest BCUT2D eigenvalue weighted by Gasteiger charge is -2.08. The fraction of sp³-hybridized carbons (Fsp3) is 0.267. The summed E-state index contributed by atoms with van der Waals surface area (Å²) in [7, 11) is 0. The van der Waals surface area contributed by atoms with Crippen LogP contribution in [-0.4, -0.2) is 22.5 Å². The molecule has 0 atom stereocenters. The predicted octanol–water partition coefficient (Wildman–Crippen LogP) is 4.13. The molecule has 0 amide bonds. The van der Waals surface area contributed by atoms with Crippen LogP contribution >= 0.6 is 27.5 Å². The number of hydrogen-bond donors (Lipinski definition) is 0. The summed E-state index contributed by atoms with van der Waals surface area (Å²) in [4.78, 5) is 20.4. The van der Waals surface area contributed by atoms with Crippen molar-refractivity contribution in [3.8, 4) is 11.4 Å². The van der Waals surface area contributed by atoms with E-state index < -0.39 is 5.97 Å². The van der Waals surface area contributed by atoms with Gasteiger partial charge in [0.05, 0.1) is 18.2 Å². The highest BCUT2D eigenvalue weighted by Gasteiger charge is 2.16. The minimum Gasteiger partial charge on any atom is -0.462 e. The summed E-state index contributed by atoms with van der Waals surface area (Å²) < 4.78 is 5.94. The van der Waals surface area contributed by atoms with Gasteiger partial charge >= 0.3 is 5.97 Å². The number of aromatic nitrogens is 2. The van der Waals surface area contributed by atoms with Crippen LogP contribution in [0.15, 0.2) is 28.9 Å². The van der Waals surface area contributed by atoms with E-state index in [1.54, 1.807) is 6.92 Å². The molecule has 1 heterocycles. The zero-order valence-electron chi connectivity index (χ0n) is 11.7. The van der Waals surface area contributed by atoms with E-state index in [1.165, 1.54) is 6.20 Å². The number of hydrogen-bond acceptors (Lipinski definition) is 4. The van der Waals surface area contributed by atoms with Gasteiger partial charge in [0.2, 0.25) is 0 Å². The maximum Gasteiger partial charge on any atom is 0.341 e. The number of halogens is 2. The van der Waals surface area contributed by atoms with Crippen LogP contribution in [0.25, 0.3) is 11.4 Å². The average Bonchev–Trinajstić information content (AvgIpc) is 2.49. The molecular formula is C15H14BrClN2O2. The summed E-state index contributed by atoms with van der Waals surface area (Å²) in [5.74, 6) is 0.195. The third-order valence-corrected chi connectivity index (χ3v) is 4.03. The molecule has 0 fully saturated rings. The lowest BCUT2D eigenvalue weighted by atomic mass is 10.1. The molecule has 0 aliphatic carbocycles. The highest BCUT2D eigenvalue weighted by atomic mass is 79.9. The summed E-state index contributed by atoms with van der Waals surface area (Å²) in [6.45, 7) is 4.05. The van der Waals surface area contributed by atoms with Crippen molar-refractivity contribution in [2.45, 2.75) is 19.7 Å². The summed E-state index contributed by atoms with van der Waals surface area (Å²) >= 11 is 9.37. The van der Waals surface area contributed by atoms with Crippen molar-refractivity contribution < 1.29 is 9.53 Å². The maximum absolute atomic E-state index is 11.8. The zero-order chi connectivity index (χ0) is 15.4. The van der Waals surface area contributed by atoms with Crippen LogP contribution in [0.1, 0.15) is 28.5 Å². The summed E-state index contributed by atoms with van der Waals surface area (Å²) in [6.07, 6.45) is 1.46. The molecule has 0 saturated carbocycles. The number of alkyl halides is 1. The lowest BCUT2D eigenvalue weighted by Crippen LogP contribution is -2.10. The first kappa shape index (κ1) is 15.9. The number of benzene rings is 1. The summed E-state index contributed by atoms with van der Waals surface area (Å²) in [6, 6.07) is 5.84. The van der Waals surface area contributed by atoms with Gasteiger partial charge in [0, 0.05) is 16.2 Å². The molecule has 1 aromatic carbocycles. The number of nitrogens with zero attached hydrogens (tertiary/aromatic N) is 2. The van der Waals surface area contributed by atoms with Gasteiger partial charge < -0.3 is 4.74 Å². The molecular weight excluding hydrogens is 356 g/mol. The van der Waals surface area contributed by atoms with Gasteiger partial charge in [0.15, 0.2) is 5.82 Å². The smallest absolute Gasteiger partial charge is 0.341 e. The normalized spacial score (nSPS) is 10.5. The molecule has 0 radical (unpaired) electrons. The van der Waals surface area contributed by atoms with Gasteiger partial charge in [0.25, 0.3) is 0 Å². The van der Waals surface area contributed by atoms with Crippen molar-refractivity contribution in [2.75, 3.05) is 6.61 Å². The molecule has 110 valence electrons. The summed E-state index contributed by atoms with van der Waals surface area (Å²) in [5, 5.41) is 0. The van der Waals surface area contributed by atoms with Crippen molar-refractivity contribution in [1.82, 2.24) is 9.97 Å². The highest BCUT2D eigenvalue weighted by molar-refractivity contribution is 9.10. The van der Waals surface area contributed by atoms with E-state index in [2.05, 4.69) is 25.9 Å². The lowest BCUT2D eigenvalue weighted by molar-refractivity contribution is 0.0524. The highest BCUT2D eigenvalue weighted by Crippen LogP contribution is 2.24. The van der Waals surface area contributed by atoms with Crippen molar-refractivity contribution in [2.24, 2.45) is 0 Å². The van der Waals surface area contributed by atoms with Crippen LogP contribution in [0.4, 0.5) is 0 Å². The molecule has 6 heteroatoms. The number of ether oxygens (including phenoxy) is 1. The molecule has 0 bridgehead atoms. The zero-order valence-corrected chi connectivity index (χ0v) is 14.0. The number of esters is 1. The second-order valence-electron chi connectivity index (χ2n) is 4.37. The Balaban J connectivity index is 2.42. The third kappa shape index (κ3) is 3.60. The topological polar surface area (TPSA) is 52.1 Å². The average molecular weight is 370 g/mol. The van der Waals surface area contributed by atoms with Crippen molar-refractivity contribution in [3.05, 3.63) is 45.7 Å². The van der Waals surface area contributed by atoms with E-state index in [4.69, 9.17) is 16.3 Å². The predicted molar refractivity (Wildman–Crippen MR) is 85.4 cm³/mol. The number of aryl methyl sites for hydroxylation is 1. The molecule has 0 saturated heterocycles. The van der Waals surface area contributed by atoms with Gasteiger partial charge in [0.1, 0.15) is 5.56 Å². The first-order valence-corrected chi connectivity index (χ1v) is 7.75. The van der Waals surface area contributed by atoms with Gasteiger partial charge in [-0.05, 0) is 25.5 Å². The first-order chi connectivity index (χ1) is 10.1. The Labute approximate surface area is 136 Å². The number of rotatable bonds is 4. The van der Waals surface area contributed by atoms with Crippen molar-refractivity contribution >= 4 is 33.5 Å². The Kier molecular flexibility index (Phi) is 5.31. The Bertz CT molecular complexity index is 677. The summed E-state index contributed by atoms with van der Waals surface area (Å²) in [5.41, 5.74) is 2.76. The molecule has 2 rings (SSSR count). The van der Waals surface area contributed by atoms with Crippen LogP contribution in [-0.2, 0) is 10.6 Å². The molecule has 0 aliphatic heterocycles. The Morgan fingerprint density at radius 3 is 2.81 bits per heavy atom. The monoisotopic (exact) mass is 368 g/mol. The van der Waals surface area contributed by atoms with Crippen LogP contribution in [0, 0.1) is 6.92 Å². The molecule has 1 aromatic heterocycles. The quantitative estimate of drug-likeness (QED) is 0.600. The van der Waals surface area contributed by atoms with Crippen LogP contribution < -0.4 is 0 Å². The fourth-order valence-corrected chi connectivity index (χ4v) is 2.35. The van der Waals surface area contributed by atoms with E-state index in [9.17, 15) is 4.79 Å². The molecule has 0 N–H and O–H groups in total.